The Morgan fingerprint density at radius 2 is 2.19 bits per heavy atom. The normalized spacial score (nSPS) is 12.4. The van der Waals surface area contributed by atoms with E-state index in [-0.39, 0.29) is 18.5 Å². The van der Waals surface area contributed by atoms with Gasteiger partial charge < -0.3 is 11.1 Å². The fourth-order valence-corrected chi connectivity index (χ4v) is 3.11. The molecule has 0 aliphatic carbocycles. The Morgan fingerprint density at radius 1 is 1.48 bits per heavy atom. The summed E-state index contributed by atoms with van der Waals surface area (Å²) in [5.74, 6) is 0.388. The minimum Gasteiger partial charge on any atom is -0.384 e. The first kappa shape index (κ1) is 15.5. The molecule has 0 saturated heterocycles. The van der Waals surface area contributed by atoms with E-state index < -0.39 is 0 Å². The van der Waals surface area contributed by atoms with Crippen molar-refractivity contribution in [3.63, 3.8) is 0 Å². The maximum atomic E-state index is 12.2. The van der Waals surface area contributed by atoms with Gasteiger partial charge in [0.25, 0.3) is 0 Å². The SMILES string of the molecule is CCC(NC(=O)Cn1nc(C)cc1N)c1nc(C)c(C)s1. The van der Waals surface area contributed by atoms with E-state index in [2.05, 4.69) is 15.4 Å². The van der Waals surface area contributed by atoms with Gasteiger partial charge in [-0.15, -0.1) is 11.3 Å². The van der Waals surface area contributed by atoms with Gasteiger partial charge in [-0.05, 0) is 27.2 Å². The molecule has 21 heavy (non-hydrogen) atoms. The maximum Gasteiger partial charge on any atom is 0.242 e. The lowest BCUT2D eigenvalue weighted by Crippen LogP contribution is -2.31. The van der Waals surface area contributed by atoms with Crippen molar-refractivity contribution in [2.45, 2.75) is 46.7 Å². The Kier molecular flexibility index (Phi) is 4.62. The van der Waals surface area contributed by atoms with Crippen LogP contribution in [0.2, 0.25) is 0 Å². The number of hydrogen-bond acceptors (Lipinski definition) is 5. The van der Waals surface area contributed by atoms with E-state index in [0.29, 0.717) is 5.82 Å². The Morgan fingerprint density at radius 3 is 2.67 bits per heavy atom. The van der Waals surface area contributed by atoms with Gasteiger partial charge in [0, 0.05) is 10.9 Å². The highest BCUT2D eigenvalue weighted by molar-refractivity contribution is 7.11. The highest BCUT2D eigenvalue weighted by Crippen LogP contribution is 2.24. The highest BCUT2D eigenvalue weighted by atomic mass is 32.1. The van der Waals surface area contributed by atoms with Gasteiger partial charge in [0.2, 0.25) is 5.91 Å². The number of nitrogen functional groups attached to an aromatic ring is 1. The monoisotopic (exact) mass is 307 g/mol. The van der Waals surface area contributed by atoms with E-state index in [9.17, 15) is 4.79 Å². The third-order valence-electron chi connectivity index (χ3n) is 3.31. The summed E-state index contributed by atoms with van der Waals surface area (Å²) in [5.41, 5.74) is 7.62. The first-order valence-corrected chi connectivity index (χ1v) is 7.75. The number of rotatable bonds is 5. The van der Waals surface area contributed by atoms with Gasteiger partial charge in [-0.25, -0.2) is 9.67 Å². The van der Waals surface area contributed by atoms with Crippen LogP contribution in [0, 0.1) is 20.8 Å². The lowest BCUT2D eigenvalue weighted by atomic mass is 10.2. The number of hydrogen-bond donors (Lipinski definition) is 2. The van der Waals surface area contributed by atoms with E-state index in [1.807, 2.05) is 27.7 Å². The Hall–Kier alpha value is -1.89. The molecule has 7 heteroatoms. The molecule has 0 aromatic carbocycles. The molecule has 114 valence electrons. The number of aryl methyl sites for hydroxylation is 3. The number of amides is 1. The molecule has 3 N–H and O–H groups in total. The van der Waals surface area contributed by atoms with Crippen LogP contribution in [0.1, 0.15) is 40.7 Å². The second kappa shape index (κ2) is 6.26. The van der Waals surface area contributed by atoms with Gasteiger partial charge in [0.05, 0.1) is 17.4 Å². The average molecular weight is 307 g/mol. The summed E-state index contributed by atoms with van der Waals surface area (Å²) in [7, 11) is 0. The molecule has 0 aliphatic rings. The fraction of sp³-hybridized carbons (Fsp3) is 0.500. The second-order valence-corrected chi connectivity index (χ2v) is 6.33. The predicted octanol–water partition coefficient (Wildman–Crippen LogP) is 2.11. The summed E-state index contributed by atoms with van der Waals surface area (Å²) in [6.45, 7) is 8.03. The molecule has 0 saturated carbocycles. The third-order valence-corrected chi connectivity index (χ3v) is 4.50. The fourth-order valence-electron chi connectivity index (χ4n) is 2.05. The van der Waals surface area contributed by atoms with Crippen LogP contribution in [0.25, 0.3) is 0 Å². The van der Waals surface area contributed by atoms with Gasteiger partial charge >= 0.3 is 0 Å². The highest BCUT2D eigenvalue weighted by Gasteiger charge is 2.18. The van der Waals surface area contributed by atoms with E-state index in [0.717, 1.165) is 22.8 Å². The van der Waals surface area contributed by atoms with Crippen molar-refractivity contribution >= 4 is 23.1 Å². The van der Waals surface area contributed by atoms with Gasteiger partial charge in [-0.3, -0.25) is 4.79 Å². The average Bonchev–Trinajstić information content (AvgIpc) is 2.90. The lowest BCUT2D eigenvalue weighted by Gasteiger charge is -2.14. The minimum atomic E-state index is -0.109. The Balaban J connectivity index is 2.04. The van der Waals surface area contributed by atoms with Crippen LogP contribution in [-0.2, 0) is 11.3 Å². The number of carbonyl (C=O) groups excluding carboxylic acids is 1. The lowest BCUT2D eigenvalue weighted by molar-refractivity contribution is -0.122. The summed E-state index contributed by atoms with van der Waals surface area (Å²) < 4.78 is 1.51. The number of carbonyl (C=O) groups is 1. The smallest absolute Gasteiger partial charge is 0.242 e. The van der Waals surface area contributed by atoms with Crippen molar-refractivity contribution in [1.29, 1.82) is 0 Å². The third kappa shape index (κ3) is 3.60. The zero-order valence-corrected chi connectivity index (χ0v) is 13.6. The number of anilines is 1. The molecule has 2 aromatic rings. The van der Waals surface area contributed by atoms with Crippen LogP contribution >= 0.6 is 11.3 Å². The summed E-state index contributed by atoms with van der Waals surface area (Å²) in [6.07, 6.45) is 0.797. The van der Waals surface area contributed by atoms with Gasteiger partial charge in [0.15, 0.2) is 0 Å². The number of nitrogens with two attached hydrogens (primary N) is 1. The minimum absolute atomic E-state index is 0.0622. The molecule has 0 bridgehead atoms. The van der Waals surface area contributed by atoms with Crippen LogP contribution in [0.5, 0.6) is 0 Å². The topological polar surface area (TPSA) is 85.8 Å². The molecule has 0 spiro atoms. The van der Waals surface area contributed by atoms with E-state index >= 15 is 0 Å². The van der Waals surface area contributed by atoms with E-state index in [1.54, 1.807) is 17.4 Å². The quantitative estimate of drug-likeness (QED) is 0.886. The van der Waals surface area contributed by atoms with Gasteiger partial charge in [0.1, 0.15) is 17.4 Å². The number of nitrogens with zero attached hydrogens (tertiary/aromatic N) is 3. The second-order valence-electron chi connectivity index (χ2n) is 5.09. The van der Waals surface area contributed by atoms with Crippen molar-refractivity contribution in [3.8, 4) is 0 Å². The molecule has 0 radical (unpaired) electrons. The first-order valence-electron chi connectivity index (χ1n) is 6.94. The molecule has 0 aliphatic heterocycles. The van der Waals surface area contributed by atoms with Crippen molar-refractivity contribution in [2.24, 2.45) is 0 Å². The van der Waals surface area contributed by atoms with Crippen molar-refractivity contribution in [1.82, 2.24) is 20.1 Å². The van der Waals surface area contributed by atoms with Crippen LogP contribution in [0.15, 0.2) is 6.07 Å². The number of thiazole rings is 1. The molecular formula is C14H21N5OS. The van der Waals surface area contributed by atoms with E-state index in [1.165, 1.54) is 9.56 Å². The van der Waals surface area contributed by atoms with Crippen LogP contribution in [0.3, 0.4) is 0 Å². The molecule has 2 heterocycles. The first-order chi connectivity index (χ1) is 9.90. The van der Waals surface area contributed by atoms with Gasteiger partial charge in [-0.2, -0.15) is 5.10 Å². The number of aromatic nitrogens is 3. The van der Waals surface area contributed by atoms with Crippen molar-refractivity contribution in [3.05, 3.63) is 27.3 Å². The molecule has 1 amide bonds. The summed E-state index contributed by atoms with van der Waals surface area (Å²) in [4.78, 5) is 17.9. The molecule has 6 nitrogen and oxygen atoms in total. The number of nitrogens with one attached hydrogen (secondary N) is 1. The molecular weight excluding hydrogens is 286 g/mol. The van der Waals surface area contributed by atoms with Gasteiger partial charge in [-0.1, -0.05) is 6.92 Å². The van der Waals surface area contributed by atoms with E-state index in [4.69, 9.17) is 5.73 Å². The standard InChI is InChI=1S/C14H21N5OS/c1-5-11(14-16-9(3)10(4)21-14)17-13(20)7-19-12(15)6-8(2)18-19/h6,11H,5,7,15H2,1-4H3,(H,17,20). The van der Waals surface area contributed by atoms with Crippen molar-refractivity contribution < 1.29 is 4.79 Å². The summed E-state index contributed by atoms with van der Waals surface area (Å²) in [5, 5.41) is 8.14. The van der Waals surface area contributed by atoms with Crippen LogP contribution in [0.4, 0.5) is 5.82 Å². The Bertz CT molecular complexity index is 626. The zero-order chi connectivity index (χ0) is 15.6. The van der Waals surface area contributed by atoms with Crippen LogP contribution < -0.4 is 11.1 Å². The van der Waals surface area contributed by atoms with Crippen molar-refractivity contribution in [2.75, 3.05) is 5.73 Å². The molecule has 1 atom stereocenters. The Labute approximate surface area is 128 Å². The maximum absolute atomic E-state index is 12.2. The summed E-state index contributed by atoms with van der Waals surface area (Å²) in [6, 6.07) is 1.69. The molecule has 2 rings (SSSR count). The van der Waals surface area contributed by atoms with Crippen LogP contribution in [-0.4, -0.2) is 20.7 Å². The summed E-state index contributed by atoms with van der Waals surface area (Å²) >= 11 is 1.63. The molecule has 1 unspecified atom stereocenters. The largest absolute Gasteiger partial charge is 0.384 e. The molecule has 2 aromatic heterocycles. The zero-order valence-electron chi connectivity index (χ0n) is 12.8. The predicted molar refractivity (Wildman–Crippen MR) is 84.1 cm³/mol. The molecule has 0 fully saturated rings.